The highest BCUT2D eigenvalue weighted by molar-refractivity contribution is 6.35. The van der Waals surface area contributed by atoms with Gasteiger partial charge < -0.3 is 10.1 Å². The predicted octanol–water partition coefficient (Wildman–Crippen LogP) is 5.41. The zero-order valence-electron chi connectivity index (χ0n) is 13.2. The first kappa shape index (κ1) is 17.6. The van der Waals surface area contributed by atoms with E-state index in [1.54, 1.807) is 18.2 Å². The van der Waals surface area contributed by atoms with Gasteiger partial charge in [0.1, 0.15) is 5.75 Å². The van der Waals surface area contributed by atoms with Crippen molar-refractivity contribution in [3.63, 3.8) is 0 Å². The molecule has 1 amide bonds. The molecule has 5 heteroatoms. The maximum absolute atomic E-state index is 11.9. The van der Waals surface area contributed by atoms with E-state index in [4.69, 9.17) is 27.9 Å². The summed E-state index contributed by atoms with van der Waals surface area (Å²) in [5.41, 5.74) is 3.08. The monoisotopic (exact) mass is 351 g/mol. The highest BCUT2D eigenvalue weighted by atomic mass is 35.5. The molecule has 0 saturated carbocycles. The van der Waals surface area contributed by atoms with Crippen LogP contribution in [-0.2, 0) is 4.79 Å². The molecule has 0 aliphatic heterocycles. The smallest absolute Gasteiger partial charge is 0.224 e. The summed E-state index contributed by atoms with van der Waals surface area (Å²) in [5.74, 6) is 0.548. The van der Waals surface area contributed by atoms with Crippen molar-refractivity contribution in [1.82, 2.24) is 0 Å². The van der Waals surface area contributed by atoms with Crippen LogP contribution < -0.4 is 10.1 Å². The van der Waals surface area contributed by atoms with Crippen LogP contribution in [0.4, 0.5) is 5.69 Å². The van der Waals surface area contributed by atoms with Gasteiger partial charge >= 0.3 is 0 Å². The molecular weight excluding hydrogens is 333 g/mol. The van der Waals surface area contributed by atoms with Crippen molar-refractivity contribution < 1.29 is 9.53 Å². The number of benzene rings is 2. The molecule has 2 rings (SSSR count). The van der Waals surface area contributed by atoms with E-state index in [-0.39, 0.29) is 5.91 Å². The van der Waals surface area contributed by atoms with Crippen LogP contribution in [0.25, 0.3) is 0 Å². The predicted molar refractivity (Wildman–Crippen MR) is 95.7 cm³/mol. The van der Waals surface area contributed by atoms with E-state index in [9.17, 15) is 4.79 Å². The number of amides is 1. The summed E-state index contributed by atoms with van der Waals surface area (Å²) >= 11 is 11.8. The van der Waals surface area contributed by atoms with Crippen molar-refractivity contribution in [2.45, 2.75) is 26.7 Å². The number of anilines is 1. The lowest BCUT2D eigenvalue weighted by Crippen LogP contribution is -2.13. The Kier molecular flexibility index (Phi) is 6.31. The maximum Gasteiger partial charge on any atom is 0.224 e. The molecule has 0 saturated heterocycles. The molecule has 0 fully saturated rings. The third kappa shape index (κ3) is 5.77. The van der Waals surface area contributed by atoms with E-state index in [1.165, 1.54) is 0 Å². The van der Waals surface area contributed by atoms with Gasteiger partial charge in [-0.3, -0.25) is 4.79 Å². The van der Waals surface area contributed by atoms with Crippen molar-refractivity contribution in [2.75, 3.05) is 11.9 Å². The highest BCUT2D eigenvalue weighted by Crippen LogP contribution is 2.27. The Balaban J connectivity index is 1.76. The number of ether oxygens (including phenoxy) is 1. The van der Waals surface area contributed by atoms with Gasteiger partial charge in [-0.25, -0.2) is 0 Å². The molecule has 2 aromatic carbocycles. The second-order valence-electron chi connectivity index (χ2n) is 5.45. The van der Waals surface area contributed by atoms with Crippen molar-refractivity contribution in [3.05, 3.63) is 57.6 Å². The molecule has 0 heterocycles. The molecule has 3 nitrogen and oxygen atoms in total. The minimum atomic E-state index is -0.0270. The van der Waals surface area contributed by atoms with Gasteiger partial charge in [0.05, 0.1) is 11.6 Å². The average molecular weight is 352 g/mol. The van der Waals surface area contributed by atoms with Crippen molar-refractivity contribution in [1.29, 1.82) is 0 Å². The van der Waals surface area contributed by atoms with Gasteiger partial charge in [-0.15, -0.1) is 0 Å². The standard InChI is InChI=1S/C18H19Cl2NO2/c1-12-8-13(2)10-15(9-12)21-18(22)4-3-7-23-17-6-5-14(19)11-16(17)20/h5-6,8-11H,3-4,7H2,1-2H3,(H,21,22). The minimum absolute atomic E-state index is 0.0270. The first-order chi connectivity index (χ1) is 10.9. The summed E-state index contributed by atoms with van der Waals surface area (Å²) in [6.45, 7) is 4.43. The fourth-order valence-corrected chi connectivity index (χ4v) is 2.74. The Bertz CT molecular complexity index is 681. The summed E-state index contributed by atoms with van der Waals surface area (Å²) in [6.07, 6.45) is 0.994. The van der Waals surface area contributed by atoms with Crippen molar-refractivity contribution in [2.24, 2.45) is 0 Å². The number of hydrogen-bond donors (Lipinski definition) is 1. The molecule has 0 radical (unpaired) electrons. The van der Waals surface area contributed by atoms with Crippen LogP contribution in [-0.4, -0.2) is 12.5 Å². The van der Waals surface area contributed by atoms with Crippen molar-refractivity contribution >= 4 is 34.8 Å². The third-order valence-electron chi connectivity index (χ3n) is 3.21. The maximum atomic E-state index is 11.9. The topological polar surface area (TPSA) is 38.3 Å². The van der Waals surface area contributed by atoms with Crippen LogP contribution in [0, 0.1) is 13.8 Å². The second kappa shape index (κ2) is 8.23. The lowest BCUT2D eigenvalue weighted by molar-refractivity contribution is -0.116. The Morgan fingerprint density at radius 2 is 1.78 bits per heavy atom. The molecule has 2 aromatic rings. The Labute approximate surface area is 146 Å². The van der Waals surface area contributed by atoms with Gasteiger partial charge in [0, 0.05) is 17.1 Å². The molecule has 0 aromatic heterocycles. The molecular formula is C18H19Cl2NO2. The number of rotatable bonds is 6. The van der Waals surface area contributed by atoms with E-state index < -0.39 is 0 Å². The number of aryl methyl sites for hydroxylation is 2. The molecule has 0 unspecified atom stereocenters. The molecule has 0 bridgehead atoms. The van der Waals surface area contributed by atoms with E-state index >= 15 is 0 Å². The van der Waals surface area contributed by atoms with Crippen LogP contribution in [0.5, 0.6) is 5.75 Å². The first-order valence-electron chi connectivity index (χ1n) is 7.40. The average Bonchev–Trinajstić information content (AvgIpc) is 2.44. The number of nitrogens with one attached hydrogen (secondary N) is 1. The quantitative estimate of drug-likeness (QED) is 0.706. The first-order valence-corrected chi connectivity index (χ1v) is 8.15. The second-order valence-corrected chi connectivity index (χ2v) is 6.29. The summed E-state index contributed by atoms with van der Waals surface area (Å²) in [4.78, 5) is 11.9. The summed E-state index contributed by atoms with van der Waals surface area (Å²) in [6, 6.07) is 11.0. The van der Waals surface area contributed by atoms with E-state index in [2.05, 4.69) is 11.4 Å². The van der Waals surface area contributed by atoms with Gasteiger partial charge in [-0.05, 0) is 61.7 Å². The molecule has 0 atom stereocenters. The van der Waals surface area contributed by atoms with E-state index in [0.717, 1.165) is 16.8 Å². The molecule has 0 spiro atoms. The molecule has 23 heavy (non-hydrogen) atoms. The number of carbonyl (C=O) groups is 1. The van der Waals surface area contributed by atoms with E-state index in [1.807, 2.05) is 26.0 Å². The molecule has 122 valence electrons. The SMILES string of the molecule is Cc1cc(C)cc(NC(=O)CCCOc2ccc(Cl)cc2Cl)c1. The third-order valence-corrected chi connectivity index (χ3v) is 3.74. The Morgan fingerprint density at radius 1 is 1.09 bits per heavy atom. The van der Waals surface area contributed by atoms with Crippen LogP contribution in [0.15, 0.2) is 36.4 Å². The normalized spacial score (nSPS) is 10.4. The van der Waals surface area contributed by atoms with Crippen LogP contribution in [0.2, 0.25) is 10.0 Å². The summed E-state index contributed by atoms with van der Waals surface area (Å²) in [5, 5.41) is 3.94. The summed E-state index contributed by atoms with van der Waals surface area (Å²) < 4.78 is 5.56. The highest BCUT2D eigenvalue weighted by Gasteiger charge is 2.05. The van der Waals surface area contributed by atoms with Gasteiger partial charge in [-0.2, -0.15) is 0 Å². The number of halogens is 2. The van der Waals surface area contributed by atoms with Gasteiger partial charge in [0.15, 0.2) is 0 Å². The van der Waals surface area contributed by atoms with Gasteiger partial charge in [0.25, 0.3) is 0 Å². The fourth-order valence-electron chi connectivity index (χ4n) is 2.28. The van der Waals surface area contributed by atoms with Gasteiger partial charge in [-0.1, -0.05) is 29.3 Å². The zero-order valence-corrected chi connectivity index (χ0v) is 14.7. The molecule has 0 aliphatic rings. The summed E-state index contributed by atoms with van der Waals surface area (Å²) in [7, 11) is 0. The lowest BCUT2D eigenvalue weighted by Gasteiger charge is -2.09. The minimum Gasteiger partial charge on any atom is -0.492 e. The molecule has 1 N–H and O–H groups in total. The van der Waals surface area contributed by atoms with Crippen molar-refractivity contribution in [3.8, 4) is 5.75 Å². The van der Waals surface area contributed by atoms with Crippen LogP contribution in [0.1, 0.15) is 24.0 Å². The number of hydrogen-bond acceptors (Lipinski definition) is 2. The lowest BCUT2D eigenvalue weighted by atomic mass is 10.1. The Morgan fingerprint density at radius 3 is 2.43 bits per heavy atom. The van der Waals surface area contributed by atoms with Crippen LogP contribution >= 0.6 is 23.2 Å². The Hall–Kier alpha value is -1.71. The molecule has 0 aliphatic carbocycles. The van der Waals surface area contributed by atoms with E-state index in [0.29, 0.717) is 35.2 Å². The van der Waals surface area contributed by atoms with Gasteiger partial charge in [0.2, 0.25) is 5.91 Å². The van der Waals surface area contributed by atoms with Crippen LogP contribution in [0.3, 0.4) is 0 Å². The number of carbonyl (C=O) groups excluding carboxylic acids is 1. The fraction of sp³-hybridized carbons (Fsp3) is 0.278. The largest absolute Gasteiger partial charge is 0.492 e. The zero-order chi connectivity index (χ0) is 16.8.